The van der Waals surface area contributed by atoms with E-state index in [2.05, 4.69) is 54.6 Å². The largest absolute Gasteiger partial charge is 0.379 e. The minimum absolute atomic E-state index is 0.686. The predicted octanol–water partition coefficient (Wildman–Crippen LogP) is 6.50. The Labute approximate surface area is 170 Å². The van der Waals surface area contributed by atoms with Crippen molar-refractivity contribution in [3.63, 3.8) is 0 Å². The second-order valence-electron chi connectivity index (χ2n) is 7.17. The molecule has 5 heteroatoms. The van der Waals surface area contributed by atoms with Crippen molar-refractivity contribution in [3.05, 3.63) is 81.9 Å². The molecule has 0 atom stereocenters. The maximum absolute atomic E-state index is 6.08. The Kier molecular flexibility index (Phi) is 4.97. The summed E-state index contributed by atoms with van der Waals surface area (Å²) in [6, 6.07) is 18.3. The van der Waals surface area contributed by atoms with Crippen LogP contribution in [0.15, 0.2) is 54.6 Å². The van der Waals surface area contributed by atoms with E-state index in [0.717, 1.165) is 38.9 Å². The molecular weight excluding hydrogens is 368 g/mol. The highest BCUT2D eigenvalue weighted by atomic mass is 35.5. The van der Waals surface area contributed by atoms with Crippen LogP contribution in [-0.4, -0.2) is 9.97 Å². The Bertz CT molecular complexity index is 1120. The van der Waals surface area contributed by atoms with Gasteiger partial charge in [-0.1, -0.05) is 47.5 Å². The molecule has 0 fully saturated rings. The number of benzene rings is 3. The molecule has 4 aromatic rings. The quantitative estimate of drug-likeness (QED) is 0.364. The van der Waals surface area contributed by atoms with Crippen molar-refractivity contribution < 1.29 is 0 Å². The summed E-state index contributed by atoms with van der Waals surface area (Å²) in [4.78, 5) is 8.16. The molecule has 0 spiro atoms. The van der Waals surface area contributed by atoms with Gasteiger partial charge in [0.1, 0.15) is 5.52 Å². The first-order valence-electron chi connectivity index (χ1n) is 9.31. The molecule has 0 aliphatic rings. The van der Waals surface area contributed by atoms with Gasteiger partial charge >= 0.3 is 0 Å². The van der Waals surface area contributed by atoms with E-state index >= 15 is 0 Å². The van der Waals surface area contributed by atoms with E-state index in [1.54, 1.807) is 0 Å². The molecule has 0 saturated carbocycles. The first-order valence-corrected chi connectivity index (χ1v) is 9.69. The van der Waals surface area contributed by atoms with Gasteiger partial charge in [-0.25, -0.2) is 4.98 Å². The van der Waals surface area contributed by atoms with Gasteiger partial charge in [0.15, 0.2) is 0 Å². The molecule has 0 amide bonds. The van der Waals surface area contributed by atoms with Crippen molar-refractivity contribution in [2.45, 2.75) is 27.3 Å². The number of aromatic nitrogens is 2. The molecule has 0 aliphatic heterocycles. The van der Waals surface area contributed by atoms with E-state index in [4.69, 9.17) is 16.6 Å². The molecule has 1 aromatic heterocycles. The number of nitrogens with zero attached hydrogens (tertiary/aromatic N) is 1. The second-order valence-corrected chi connectivity index (χ2v) is 7.61. The molecule has 0 aliphatic carbocycles. The first kappa shape index (κ1) is 18.4. The zero-order valence-corrected chi connectivity index (χ0v) is 17.0. The van der Waals surface area contributed by atoms with Crippen molar-refractivity contribution in [1.29, 1.82) is 0 Å². The van der Waals surface area contributed by atoms with Crippen LogP contribution in [0, 0.1) is 20.8 Å². The summed E-state index contributed by atoms with van der Waals surface area (Å²) >= 11 is 6.08. The Balaban J connectivity index is 1.60. The zero-order valence-electron chi connectivity index (χ0n) is 16.2. The lowest BCUT2D eigenvalue weighted by molar-refractivity contribution is 1.15. The maximum Gasteiger partial charge on any atom is 0.205 e. The summed E-state index contributed by atoms with van der Waals surface area (Å²) in [7, 11) is 0. The van der Waals surface area contributed by atoms with Crippen LogP contribution in [0.25, 0.3) is 11.0 Å². The van der Waals surface area contributed by atoms with Crippen molar-refractivity contribution in [2.24, 2.45) is 0 Å². The summed E-state index contributed by atoms with van der Waals surface area (Å²) in [5, 5.41) is 7.67. The van der Waals surface area contributed by atoms with Gasteiger partial charge in [-0.05, 0) is 61.7 Å². The average molecular weight is 391 g/mol. The highest BCUT2D eigenvalue weighted by molar-refractivity contribution is 6.30. The van der Waals surface area contributed by atoms with Crippen LogP contribution in [0.2, 0.25) is 5.02 Å². The molecule has 0 radical (unpaired) electrons. The molecule has 28 heavy (non-hydrogen) atoms. The Hall–Kier alpha value is -2.98. The van der Waals surface area contributed by atoms with Crippen LogP contribution in [-0.2, 0) is 6.54 Å². The van der Waals surface area contributed by atoms with Crippen molar-refractivity contribution in [3.8, 4) is 0 Å². The number of nitrogens with one attached hydrogen (secondary N) is 3. The molecule has 3 aromatic carbocycles. The number of halogens is 1. The summed E-state index contributed by atoms with van der Waals surface area (Å²) in [6.07, 6.45) is 0. The van der Waals surface area contributed by atoms with Gasteiger partial charge in [-0.2, -0.15) is 0 Å². The van der Waals surface area contributed by atoms with E-state index in [9.17, 15) is 0 Å². The predicted molar refractivity (Wildman–Crippen MR) is 119 cm³/mol. The molecule has 3 N–H and O–H groups in total. The van der Waals surface area contributed by atoms with Crippen molar-refractivity contribution >= 4 is 40.0 Å². The van der Waals surface area contributed by atoms with Gasteiger partial charge < -0.3 is 15.6 Å². The average Bonchev–Trinajstić information content (AvgIpc) is 3.06. The third-order valence-corrected chi connectivity index (χ3v) is 5.04. The molecule has 4 nitrogen and oxygen atoms in total. The number of anilines is 3. The summed E-state index contributed by atoms with van der Waals surface area (Å²) in [6.45, 7) is 7.03. The fraction of sp³-hybridized carbons (Fsp3) is 0.174. The SMILES string of the molecule is Cc1cc(C)c(Nc2nc3c(NCc4cccc(Cl)c4)cccc3[nH]2)c(C)c1. The zero-order chi connectivity index (χ0) is 19.7. The number of rotatable bonds is 5. The fourth-order valence-electron chi connectivity index (χ4n) is 3.57. The van der Waals surface area contributed by atoms with Crippen molar-refractivity contribution in [2.75, 3.05) is 10.6 Å². The third-order valence-electron chi connectivity index (χ3n) is 4.81. The van der Waals surface area contributed by atoms with Gasteiger partial charge in [0.25, 0.3) is 0 Å². The first-order chi connectivity index (χ1) is 13.5. The van der Waals surface area contributed by atoms with Gasteiger partial charge in [0.05, 0.1) is 11.2 Å². The minimum atomic E-state index is 0.686. The van der Waals surface area contributed by atoms with E-state index in [0.29, 0.717) is 6.54 Å². The van der Waals surface area contributed by atoms with Gasteiger partial charge in [-0.3, -0.25) is 0 Å². The van der Waals surface area contributed by atoms with Gasteiger partial charge in [-0.15, -0.1) is 0 Å². The maximum atomic E-state index is 6.08. The van der Waals surface area contributed by atoms with Crippen LogP contribution < -0.4 is 10.6 Å². The number of hydrogen-bond donors (Lipinski definition) is 3. The molecule has 1 heterocycles. The number of aromatic amines is 1. The van der Waals surface area contributed by atoms with E-state index < -0.39 is 0 Å². The third kappa shape index (κ3) is 3.82. The number of para-hydroxylation sites is 1. The summed E-state index contributed by atoms with van der Waals surface area (Å²) < 4.78 is 0. The van der Waals surface area contributed by atoms with Crippen LogP contribution in [0.1, 0.15) is 22.3 Å². The number of aryl methyl sites for hydroxylation is 3. The molecule has 0 unspecified atom stereocenters. The van der Waals surface area contributed by atoms with E-state index in [1.807, 2.05) is 36.4 Å². The summed E-state index contributed by atoms with van der Waals surface area (Å²) in [5.74, 6) is 0.738. The van der Waals surface area contributed by atoms with Crippen LogP contribution in [0.3, 0.4) is 0 Å². The normalized spacial score (nSPS) is 11.0. The topological polar surface area (TPSA) is 52.7 Å². The number of fused-ring (bicyclic) bond motifs is 1. The number of hydrogen-bond acceptors (Lipinski definition) is 3. The van der Waals surface area contributed by atoms with Gasteiger partial charge in [0, 0.05) is 17.3 Å². The van der Waals surface area contributed by atoms with Crippen LogP contribution in [0.5, 0.6) is 0 Å². The number of H-pyrrole nitrogens is 1. The highest BCUT2D eigenvalue weighted by Gasteiger charge is 2.10. The monoisotopic (exact) mass is 390 g/mol. The molecule has 0 bridgehead atoms. The fourth-order valence-corrected chi connectivity index (χ4v) is 3.79. The lowest BCUT2D eigenvalue weighted by Crippen LogP contribution is -2.00. The lowest BCUT2D eigenvalue weighted by atomic mass is 10.1. The van der Waals surface area contributed by atoms with Crippen LogP contribution >= 0.6 is 11.6 Å². The molecular formula is C23H23ClN4. The minimum Gasteiger partial charge on any atom is -0.379 e. The van der Waals surface area contributed by atoms with E-state index in [-0.39, 0.29) is 0 Å². The van der Waals surface area contributed by atoms with Gasteiger partial charge in [0.2, 0.25) is 5.95 Å². The smallest absolute Gasteiger partial charge is 0.205 e. The van der Waals surface area contributed by atoms with Crippen molar-refractivity contribution in [1.82, 2.24) is 9.97 Å². The Morgan fingerprint density at radius 1 is 0.964 bits per heavy atom. The standard InChI is InChI=1S/C23H23ClN4/c1-14-10-15(2)21(16(3)11-14)27-23-26-20-9-5-8-19(22(20)28-23)25-13-17-6-4-7-18(24)12-17/h4-12,25H,13H2,1-3H3,(H2,26,27,28). The lowest BCUT2D eigenvalue weighted by Gasteiger charge is -2.11. The van der Waals surface area contributed by atoms with Crippen LogP contribution in [0.4, 0.5) is 17.3 Å². The number of imidazole rings is 1. The van der Waals surface area contributed by atoms with E-state index in [1.165, 1.54) is 16.7 Å². The Morgan fingerprint density at radius 3 is 2.46 bits per heavy atom. The summed E-state index contributed by atoms with van der Waals surface area (Å²) in [5.41, 5.74) is 8.78. The second kappa shape index (κ2) is 7.56. The highest BCUT2D eigenvalue weighted by Crippen LogP contribution is 2.28. The Morgan fingerprint density at radius 2 is 1.71 bits per heavy atom. The molecule has 4 rings (SSSR count). The molecule has 0 saturated heterocycles. The molecule has 142 valence electrons.